The van der Waals surface area contributed by atoms with Crippen LogP contribution in [0.4, 0.5) is 4.79 Å². The monoisotopic (exact) mass is 345 g/mol. The zero-order valence-electron chi connectivity index (χ0n) is 14.7. The van der Waals surface area contributed by atoms with E-state index in [2.05, 4.69) is 41.4 Å². The van der Waals surface area contributed by atoms with Gasteiger partial charge in [-0.3, -0.25) is 9.69 Å². The summed E-state index contributed by atoms with van der Waals surface area (Å²) in [6, 6.07) is 10.7. The summed E-state index contributed by atoms with van der Waals surface area (Å²) in [4.78, 5) is 27.7. The van der Waals surface area contributed by atoms with Gasteiger partial charge in [0.15, 0.2) is 0 Å². The van der Waals surface area contributed by atoms with E-state index in [0.29, 0.717) is 25.6 Å². The van der Waals surface area contributed by atoms with Gasteiger partial charge >= 0.3 is 12.0 Å². The average molecular weight is 345 g/mol. The molecular weight excluding hydrogens is 318 g/mol. The van der Waals surface area contributed by atoms with Gasteiger partial charge in [0.1, 0.15) is 0 Å². The highest BCUT2D eigenvalue weighted by molar-refractivity contribution is 5.76. The lowest BCUT2D eigenvalue weighted by molar-refractivity contribution is -0.143. The highest BCUT2D eigenvalue weighted by atomic mass is 16.4. The number of urea groups is 1. The van der Waals surface area contributed by atoms with E-state index in [1.807, 2.05) is 6.07 Å². The molecular formula is C19H27N3O3. The third-order valence-electron chi connectivity index (χ3n) is 5.43. The topological polar surface area (TPSA) is 72.9 Å². The predicted octanol–water partition coefficient (Wildman–Crippen LogP) is 2.33. The van der Waals surface area contributed by atoms with Gasteiger partial charge in [-0.2, -0.15) is 0 Å². The van der Waals surface area contributed by atoms with Crippen molar-refractivity contribution in [3.05, 3.63) is 35.9 Å². The Morgan fingerprint density at radius 3 is 2.64 bits per heavy atom. The molecule has 2 N–H and O–H groups in total. The molecule has 0 saturated carbocycles. The van der Waals surface area contributed by atoms with E-state index >= 15 is 0 Å². The van der Waals surface area contributed by atoms with Crippen LogP contribution in [0.25, 0.3) is 0 Å². The summed E-state index contributed by atoms with van der Waals surface area (Å²) >= 11 is 0. The number of amides is 2. The Labute approximate surface area is 148 Å². The zero-order chi connectivity index (χ0) is 17.8. The van der Waals surface area contributed by atoms with E-state index in [1.165, 1.54) is 5.56 Å². The van der Waals surface area contributed by atoms with Crippen LogP contribution in [0.5, 0.6) is 0 Å². The minimum absolute atomic E-state index is 0.120. The van der Waals surface area contributed by atoms with Gasteiger partial charge in [-0.05, 0) is 31.7 Å². The fraction of sp³-hybridized carbons (Fsp3) is 0.579. The molecule has 0 aliphatic carbocycles. The molecule has 2 heterocycles. The number of nitrogens with one attached hydrogen (secondary N) is 1. The first-order valence-corrected chi connectivity index (χ1v) is 9.12. The molecule has 136 valence electrons. The van der Waals surface area contributed by atoms with Crippen LogP contribution in [-0.2, 0) is 4.79 Å². The lowest BCUT2D eigenvalue weighted by atomic mass is 9.99. The molecule has 1 aromatic carbocycles. The van der Waals surface area contributed by atoms with Gasteiger partial charge in [-0.15, -0.1) is 0 Å². The van der Waals surface area contributed by atoms with Crippen LogP contribution in [-0.4, -0.2) is 59.1 Å². The second-order valence-corrected chi connectivity index (χ2v) is 7.14. The van der Waals surface area contributed by atoms with Crippen molar-refractivity contribution >= 4 is 12.0 Å². The third kappa shape index (κ3) is 4.31. The summed E-state index contributed by atoms with van der Waals surface area (Å²) < 4.78 is 0. The average Bonchev–Trinajstić information content (AvgIpc) is 3.10. The fourth-order valence-corrected chi connectivity index (χ4v) is 3.83. The van der Waals surface area contributed by atoms with Crippen molar-refractivity contribution in [2.45, 2.75) is 38.3 Å². The molecule has 2 aliphatic heterocycles. The van der Waals surface area contributed by atoms with Crippen molar-refractivity contribution in [1.82, 2.24) is 15.1 Å². The third-order valence-corrected chi connectivity index (χ3v) is 5.43. The summed E-state index contributed by atoms with van der Waals surface area (Å²) in [5.41, 5.74) is 1.29. The van der Waals surface area contributed by atoms with E-state index in [9.17, 15) is 9.59 Å². The van der Waals surface area contributed by atoms with Crippen LogP contribution >= 0.6 is 0 Å². The molecule has 0 bridgehead atoms. The molecule has 6 heteroatoms. The maximum Gasteiger partial charge on any atom is 0.317 e. The van der Waals surface area contributed by atoms with E-state index in [1.54, 1.807) is 4.90 Å². The van der Waals surface area contributed by atoms with Gasteiger partial charge in [0.2, 0.25) is 0 Å². The molecule has 2 saturated heterocycles. The number of hydrogen-bond donors (Lipinski definition) is 2. The van der Waals surface area contributed by atoms with Gasteiger partial charge in [-0.25, -0.2) is 4.79 Å². The zero-order valence-corrected chi connectivity index (χ0v) is 14.7. The molecule has 1 aromatic rings. The number of likely N-dealkylation sites (tertiary alicyclic amines) is 2. The molecule has 25 heavy (non-hydrogen) atoms. The second kappa shape index (κ2) is 7.87. The van der Waals surface area contributed by atoms with E-state index in [0.717, 1.165) is 25.9 Å². The fourth-order valence-electron chi connectivity index (χ4n) is 3.83. The molecule has 3 atom stereocenters. The Balaban J connectivity index is 1.51. The van der Waals surface area contributed by atoms with E-state index in [4.69, 9.17) is 5.11 Å². The minimum atomic E-state index is -0.804. The van der Waals surface area contributed by atoms with Crippen molar-refractivity contribution < 1.29 is 14.7 Å². The lowest BCUT2D eigenvalue weighted by Gasteiger charge is -2.32. The molecule has 2 fully saturated rings. The Bertz CT molecular complexity index is 607. The van der Waals surface area contributed by atoms with Gasteiger partial charge in [-0.1, -0.05) is 30.3 Å². The van der Waals surface area contributed by atoms with Crippen molar-refractivity contribution in [1.29, 1.82) is 0 Å². The van der Waals surface area contributed by atoms with Crippen molar-refractivity contribution in [3.8, 4) is 0 Å². The predicted molar refractivity (Wildman–Crippen MR) is 95.3 cm³/mol. The maximum absolute atomic E-state index is 12.5. The van der Waals surface area contributed by atoms with Crippen LogP contribution in [0.2, 0.25) is 0 Å². The number of rotatable bonds is 4. The minimum Gasteiger partial charge on any atom is -0.481 e. The highest BCUT2D eigenvalue weighted by Gasteiger charge is 2.31. The first-order valence-electron chi connectivity index (χ1n) is 9.12. The smallest absolute Gasteiger partial charge is 0.317 e. The van der Waals surface area contributed by atoms with Crippen molar-refractivity contribution in [2.24, 2.45) is 5.92 Å². The lowest BCUT2D eigenvalue weighted by Crippen LogP contribution is -2.50. The summed E-state index contributed by atoms with van der Waals surface area (Å²) in [6.45, 7) is 4.95. The van der Waals surface area contributed by atoms with Crippen LogP contribution < -0.4 is 5.32 Å². The van der Waals surface area contributed by atoms with Gasteiger partial charge in [0.05, 0.1) is 5.92 Å². The van der Waals surface area contributed by atoms with Gasteiger partial charge in [0.25, 0.3) is 0 Å². The quantitative estimate of drug-likeness (QED) is 0.878. The SMILES string of the molecule is CC(c1ccccc1)N1CCC(NC(=O)N2CCCC(C(=O)O)C2)C1. The molecule has 2 aliphatic rings. The van der Waals surface area contributed by atoms with Crippen molar-refractivity contribution in [3.63, 3.8) is 0 Å². The Hall–Kier alpha value is -2.08. The normalized spacial score (nSPS) is 25.6. The van der Waals surface area contributed by atoms with Crippen LogP contribution in [0.15, 0.2) is 30.3 Å². The number of aliphatic carboxylic acids is 1. The van der Waals surface area contributed by atoms with E-state index in [-0.39, 0.29) is 12.1 Å². The molecule has 3 rings (SSSR count). The second-order valence-electron chi connectivity index (χ2n) is 7.14. The van der Waals surface area contributed by atoms with Crippen LogP contribution in [0.3, 0.4) is 0 Å². The van der Waals surface area contributed by atoms with Crippen molar-refractivity contribution in [2.75, 3.05) is 26.2 Å². The van der Waals surface area contributed by atoms with E-state index < -0.39 is 11.9 Å². The summed E-state index contributed by atoms with van der Waals surface area (Å²) in [7, 11) is 0. The van der Waals surface area contributed by atoms with Gasteiger partial charge in [0, 0.05) is 38.3 Å². The molecule has 0 spiro atoms. The molecule has 6 nitrogen and oxygen atoms in total. The number of carboxylic acid groups (broad SMARTS) is 1. The Kier molecular flexibility index (Phi) is 5.58. The number of nitrogens with zero attached hydrogens (tertiary/aromatic N) is 2. The number of benzene rings is 1. The standard InChI is InChI=1S/C19H27N3O3/c1-14(15-6-3-2-4-7-15)21-11-9-17(13-21)20-19(25)22-10-5-8-16(12-22)18(23)24/h2-4,6-7,14,16-17H,5,8-13H2,1H3,(H,20,25)(H,23,24). The molecule has 2 amide bonds. The first-order chi connectivity index (χ1) is 12.0. The Morgan fingerprint density at radius 1 is 1.16 bits per heavy atom. The molecule has 0 radical (unpaired) electrons. The number of carbonyl (C=O) groups excluding carboxylic acids is 1. The maximum atomic E-state index is 12.5. The van der Waals surface area contributed by atoms with Gasteiger partial charge < -0.3 is 15.3 Å². The summed E-state index contributed by atoms with van der Waals surface area (Å²) in [5, 5.41) is 12.3. The molecule has 0 aromatic heterocycles. The van der Waals surface area contributed by atoms with Crippen LogP contribution in [0.1, 0.15) is 37.8 Å². The first kappa shape index (κ1) is 17.7. The number of carboxylic acids is 1. The largest absolute Gasteiger partial charge is 0.481 e. The Morgan fingerprint density at radius 2 is 1.92 bits per heavy atom. The molecule has 3 unspecified atom stereocenters. The number of carbonyl (C=O) groups is 2. The van der Waals surface area contributed by atoms with Crippen LogP contribution in [0, 0.1) is 5.92 Å². The summed E-state index contributed by atoms with van der Waals surface area (Å²) in [6.07, 6.45) is 2.34. The summed E-state index contributed by atoms with van der Waals surface area (Å²) in [5.74, 6) is -1.24. The number of hydrogen-bond acceptors (Lipinski definition) is 3. The highest BCUT2D eigenvalue weighted by Crippen LogP contribution is 2.25. The number of piperidine rings is 1.